The summed E-state index contributed by atoms with van der Waals surface area (Å²) in [6, 6.07) is 6.60. The number of carbonyl (C=O) groups excluding carboxylic acids is 2. The minimum atomic E-state index is -0.677. The molecule has 0 aliphatic carbocycles. The van der Waals surface area contributed by atoms with Crippen LogP contribution >= 0.6 is 15.9 Å². The molecule has 134 valence electrons. The van der Waals surface area contributed by atoms with Crippen LogP contribution in [0.15, 0.2) is 28.7 Å². The van der Waals surface area contributed by atoms with E-state index >= 15 is 0 Å². The van der Waals surface area contributed by atoms with E-state index in [4.69, 9.17) is 4.74 Å². The van der Waals surface area contributed by atoms with Gasteiger partial charge in [0.05, 0.1) is 0 Å². The number of anilines is 1. The Balaban J connectivity index is 2.82. The molecule has 1 atom stereocenters. The Labute approximate surface area is 152 Å². The summed E-state index contributed by atoms with van der Waals surface area (Å²) >= 11 is 3.35. The maximum Gasteiger partial charge on any atom is 0.408 e. The van der Waals surface area contributed by atoms with Crippen molar-refractivity contribution in [3.05, 3.63) is 28.7 Å². The molecule has 0 radical (unpaired) electrons. The molecule has 0 unspecified atom stereocenters. The van der Waals surface area contributed by atoms with Gasteiger partial charge in [0.1, 0.15) is 11.6 Å². The van der Waals surface area contributed by atoms with Crippen LogP contribution in [0.25, 0.3) is 0 Å². The number of hydrogen-bond acceptors (Lipinski definition) is 3. The molecule has 0 fully saturated rings. The second-order valence-corrected chi connectivity index (χ2v) is 8.88. The summed E-state index contributed by atoms with van der Waals surface area (Å²) in [5.41, 5.74) is -0.0666. The molecule has 6 heteroatoms. The maximum absolute atomic E-state index is 12.6. The summed E-state index contributed by atoms with van der Waals surface area (Å²) in [6.45, 7) is 11.4. The van der Waals surface area contributed by atoms with Crippen LogP contribution in [0, 0.1) is 5.41 Å². The van der Waals surface area contributed by atoms with E-state index in [9.17, 15) is 9.59 Å². The molecule has 2 amide bonds. The standard InChI is InChI=1S/C18H27BrN2O3/c1-17(2,3)11-14(21-16(23)24-18(4,5)6)15(22)20-13-9-7-12(19)8-10-13/h7-10,14H,11H2,1-6H3,(H,20,22)(H,21,23)/t14-/m1/s1. The monoisotopic (exact) mass is 398 g/mol. The SMILES string of the molecule is CC(C)(C)C[C@@H](NC(=O)OC(C)(C)C)C(=O)Nc1ccc(Br)cc1. The highest BCUT2D eigenvalue weighted by Crippen LogP contribution is 2.22. The first kappa shape index (κ1) is 20.5. The molecule has 5 nitrogen and oxygen atoms in total. The van der Waals surface area contributed by atoms with Crippen molar-refractivity contribution < 1.29 is 14.3 Å². The molecule has 0 aliphatic heterocycles. The average Bonchev–Trinajstić information content (AvgIpc) is 2.36. The molecule has 0 aliphatic rings. The van der Waals surface area contributed by atoms with Gasteiger partial charge in [-0.15, -0.1) is 0 Å². The molecule has 0 saturated heterocycles. The van der Waals surface area contributed by atoms with E-state index in [1.807, 2.05) is 32.9 Å². The predicted octanol–water partition coefficient (Wildman–Crippen LogP) is 4.72. The largest absolute Gasteiger partial charge is 0.444 e. The maximum atomic E-state index is 12.6. The molecule has 1 rings (SSSR count). The van der Waals surface area contributed by atoms with E-state index < -0.39 is 17.7 Å². The molecule has 2 N–H and O–H groups in total. The number of carbonyl (C=O) groups is 2. The lowest BCUT2D eigenvalue weighted by atomic mass is 9.88. The summed E-state index contributed by atoms with van der Waals surface area (Å²) in [5, 5.41) is 5.51. The third kappa shape index (κ3) is 8.34. The van der Waals surface area contributed by atoms with E-state index in [-0.39, 0.29) is 11.3 Å². The molecule has 0 heterocycles. The summed E-state index contributed by atoms with van der Waals surface area (Å²) in [7, 11) is 0. The van der Waals surface area contributed by atoms with Crippen LogP contribution in [0.2, 0.25) is 0 Å². The lowest BCUT2D eigenvalue weighted by Crippen LogP contribution is -2.47. The number of nitrogens with one attached hydrogen (secondary N) is 2. The molecule has 0 saturated carbocycles. The molecule has 1 aromatic rings. The van der Waals surface area contributed by atoms with Crippen LogP contribution < -0.4 is 10.6 Å². The smallest absolute Gasteiger partial charge is 0.408 e. The van der Waals surface area contributed by atoms with E-state index in [0.717, 1.165) is 4.47 Å². The minimum absolute atomic E-state index is 0.128. The van der Waals surface area contributed by atoms with E-state index in [1.54, 1.807) is 32.9 Å². The van der Waals surface area contributed by atoms with Crippen molar-refractivity contribution >= 4 is 33.6 Å². The first-order chi connectivity index (χ1) is 10.9. The number of amides is 2. The second kappa shape index (κ2) is 8.01. The van der Waals surface area contributed by atoms with Crippen molar-refractivity contribution in [3.8, 4) is 0 Å². The number of ether oxygens (including phenoxy) is 1. The quantitative estimate of drug-likeness (QED) is 0.770. The fraction of sp³-hybridized carbons (Fsp3) is 0.556. The number of benzene rings is 1. The van der Waals surface area contributed by atoms with Crippen molar-refractivity contribution in [1.82, 2.24) is 5.32 Å². The average molecular weight is 399 g/mol. The van der Waals surface area contributed by atoms with Crippen molar-refractivity contribution in [2.24, 2.45) is 5.41 Å². The number of hydrogen-bond donors (Lipinski definition) is 2. The Morgan fingerprint density at radius 2 is 1.62 bits per heavy atom. The van der Waals surface area contributed by atoms with Gasteiger partial charge in [0.2, 0.25) is 5.91 Å². The fourth-order valence-electron chi connectivity index (χ4n) is 2.03. The molecule has 0 bridgehead atoms. The van der Waals surface area contributed by atoms with Gasteiger partial charge in [0.25, 0.3) is 0 Å². The number of rotatable bonds is 4. The summed E-state index contributed by atoms with van der Waals surface area (Å²) < 4.78 is 6.19. The highest BCUT2D eigenvalue weighted by atomic mass is 79.9. The van der Waals surface area contributed by atoms with Gasteiger partial charge in [0.15, 0.2) is 0 Å². The molecule has 1 aromatic carbocycles. The summed E-state index contributed by atoms with van der Waals surface area (Å²) in [5.74, 6) is -0.266. The third-order valence-electron chi connectivity index (χ3n) is 2.94. The highest BCUT2D eigenvalue weighted by Gasteiger charge is 2.28. The van der Waals surface area contributed by atoms with E-state index in [0.29, 0.717) is 12.1 Å². The summed E-state index contributed by atoms with van der Waals surface area (Å²) in [6.07, 6.45) is -0.100. The summed E-state index contributed by atoms with van der Waals surface area (Å²) in [4.78, 5) is 24.6. The zero-order valence-corrected chi connectivity index (χ0v) is 16.8. The van der Waals surface area contributed by atoms with Crippen LogP contribution in [0.5, 0.6) is 0 Å². The molecule has 0 aromatic heterocycles. The highest BCUT2D eigenvalue weighted by molar-refractivity contribution is 9.10. The normalized spacial score (nSPS) is 13.1. The Bertz CT molecular complexity index is 571. The lowest BCUT2D eigenvalue weighted by molar-refractivity contribution is -0.118. The van der Waals surface area contributed by atoms with Crippen molar-refractivity contribution in [2.45, 2.75) is 59.6 Å². The number of halogens is 1. The van der Waals surface area contributed by atoms with Crippen LogP contribution in [0.3, 0.4) is 0 Å². The molecule has 0 spiro atoms. The van der Waals surface area contributed by atoms with Gasteiger partial charge in [-0.05, 0) is 56.9 Å². The third-order valence-corrected chi connectivity index (χ3v) is 3.46. The Hall–Kier alpha value is -1.56. The lowest BCUT2D eigenvalue weighted by Gasteiger charge is -2.27. The molecule has 24 heavy (non-hydrogen) atoms. The first-order valence-electron chi connectivity index (χ1n) is 7.92. The van der Waals surface area contributed by atoms with Crippen molar-refractivity contribution in [1.29, 1.82) is 0 Å². The Morgan fingerprint density at radius 1 is 1.08 bits per heavy atom. The fourth-order valence-corrected chi connectivity index (χ4v) is 2.30. The van der Waals surface area contributed by atoms with Crippen LogP contribution in [0.1, 0.15) is 48.0 Å². The van der Waals surface area contributed by atoms with Crippen molar-refractivity contribution in [2.75, 3.05) is 5.32 Å². The first-order valence-corrected chi connectivity index (χ1v) is 8.71. The van der Waals surface area contributed by atoms with Crippen molar-refractivity contribution in [3.63, 3.8) is 0 Å². The molecular formula is C18H27BrN2O3. The van der Waals surface area contributed by atoms with Gasteiger partial charge < -0.3 is 15.4 Å². The van der Waals surface area contributed by atoms with E-state index in [1.165, 1.54) is 0 Å². The zero-order chi connectivity index (χ0) is 18.5. The van der Waals surface area contributed by atoms with Crippen LogP contribution in [-0.2, 0) is 9.53 Å². The van der Waals surface area contributed by atoms with Gasteiger partial charge >= 0.3 is 6.09 Å². The molecular weight excluding hydrogens is 372 g/mol. The Morgan fingerprint density at radius 3 is 2.08 bits per heavy atom. The topological polar surface area (TPSA) is 67.4 Å². The van der Waals surface area contributed by atoms with Gasteiger partial charge in [-0.25, -0.2) is 4.79 Å². The van der Waals surface area contributed by atoms with Gasteiger partial charge in [-0.2, -0.15) is 0 Å². The van der Waals surface area contributed by atoms with Crippen LogP contribution in [-0.4, -0.2) is 23.6 Å². The number of alkyl carbamates (subject to hydrolysis) is 1. The zero-order valence-electron chi connectivity index (χ0n) is 15.2. The van der Waals surface area contributed by atoms with Crippen LogP contribution in [0.4, 0.5) is 10.5 Å². The predicted molar refractivity (Wildman–Crippen MR) is 100 cm³/mol. The van der Waals surface area contributed by atoms with Gasteiger partial charge in [-0.1, -0.05) is 36.7 Å². The second-order valence-electron chi connectivity index (χ2n) is 7.96. The van der Waals surface area contributed by atoms with Gasteiger partial charge in [-0.3, -0.25) is 4.79 Å². The van der Waals surface area contributed by atoms with E-state index in [2.05, 4.69) is 26.6 Å². The van der Waals surface area contributed by atoms with Gasteiger partial charge in [0, 0.05) is 10.2 Å². The minimum Gasteiger partial charge on any atom is -0.444 e. The Kier molecular flexibility index (Phi) is 6.84.